The van der Waals surface area contributed by atoms with E-state index in [9.17, 15) is 14.4 Å². The van der Waals surface area contributed by atoms with Gasteiger partial charge in [0, 0.05) is 24.6 Å². The van der Waals surface area contributed by atoms with Gasteiger partial charge in [-0.2, -0.15) is 0 Å². The quantitative estimate of drug-likeness (QED) is 0.851. The van der Waals surface area contributed by atoms with Crippen LogP contribution in [0.1, 0.15) is 36.0 Å². The topological polar surface area (TPSA) is 82.9 Å². The number of hydrogen-bond acceptors (Lipinski definition) is 4. The molecule has 1 aromatic heterocycles. The molecule has 0 spiro atoms. The second-order valence-corrected chi connectivity index (χ2v) is 8.01. The highest BCUT2D eigenvalue weighted by atomic mass is 16.3. The third-order valence-electron chi connectivity index (χ3n) is 6.27. The largest absolute Gasteiger partial charge is 0.464 e. The van der Waals surface area contributed by atoms with Gasteiger partial charge in [-0.3, -0.25) is 14.4 Å². The molecule has 2 aromatic rings. The lowest BCUT2D eigenvalue weighted by Gasteiger charge is -2.40. The molecule has 2 aliphatic heterocycles. The van der Waals surface area contributed by atoms with Gasteiger partial charge in [-0.25, -0.2) is 0 Å². The molecule has 3 aliphatic rings. The van der Waals surface area contributed by atoms with E-state index >= 15 is 0 Å². The molecule has 29 heavy (non-hydrogen) atoms. The van der Waals surface area contributed by atoms with E-state index in [0.717, 1.165) is 31.2 Å². The molecule has 150 valence electrons. The van der Waals surface area contributed by atoms with Crippen LogP contribution in [-0.2, 0) is 9.59 Å². The summed E-state index contributed by atoms with van der Waals surface area (Å²) < 4.78 is 5.44. The van der Waals surface area contributed by atoms with Crippen LogP contribution in [0.3, 0.4) is 0 Å². The Morgan fingerprint density at radius 1 is 1.10 bits per heavy atom. The molecule has 1 atom stereocenters. The summed E-state index contributed by atoms with van der Waals surface area (Å²) in [6.45, 7) is 1.09. The Balaban J connectivity index is 1.42. The van der Waals surface area contributed by atoms with Crippen molar-refractivity contribution < 1.29 is 18.8 Å². The van der Waals surface area contributed by atoms with Crippen molar-refractivity contribution in [3.05, 3.63) is 42.2 Å². The Bertz CT molecular complexity index is 962. The van der Waals surface area contributed by atoms with Crippen LogP contribution < -0.4 is 5.32 Å². The van der Waals surface area contributed by atoms with Crippen molar-refractivity contribution in [3.8, 4) is 11.3 Å². The molecule has 1 aromatic carbocycles. The van der Waals surface area contributed by atoms with Crippen LogP contribution in [0.25, 0.3) is 11.3 Å². The van der Waals surface area contributed by atoms with Crippen molar-refractivity contribution in [3.63, 3.8) is 0 Å². The van der Waals surface area contributed by atoms with E-state index in [-0.39, 0.29) is 30.2 Å². The third kappa shape index (κ3) is 3.10. The number of amides is 3. The summed E-state index contributed by atoms with van der Waals surface area (Å²) in [7, 11) is 0. The molecule has 1 saturated heterocycles. The van der Waals surface area contributed by atoms with E-state index in [2.05, 4.69) is 5.32 Å². The monoisotopic (exact) mass is 393 g/mol. The first kappa shape index (κ1) is 18.0. The molecule has 0 radical (unpaired) electrons. The number of carbonyl (C=O) groups is 3. The van der Waals surface area contributed by atoms with E-state index < -0.39 is 6.04 Å². The Morgan fingerprint density at radius 2 is 1.93 bits per heavy atom. The average Bonchev–Trinajstić information content (AvgIpc) is 3.45. The smallest absolute Gasteiger partial charge is 0.256 e. The predicted octanol–water partition coefficient (Wildman–Crippen LogP) is 2.74. The normalized spacial score (nSPS) is 22.1. The summed E-state index contributed by atoms with van der Waals surface area (Å²) in [4.78, 5) is 42.4. The van der Waals surface area contributed by atoms with Gasteiger partial charge in [0.15, 0.2) is 0 Å². The van der Waals surface area contributed by atoms with Crippen LogP contribution in [0.2, 0.25) is 0 Å². The number of benzene rings is 1. The highest BCUT2D eigenvalue weighted by molar-refractivity contribution is 6.10. The fraction of sp³-hybridized carbons (Fsp3) is 0.409. The molecular weight excluding hydrogens is 370 g/mol. The Morgan fingerprint density at radius 3 is 2.69 bits per heavy atom. The standard InChI is InChI=1S/C22H23N3O4/c26-20-18-13-24(21(27)14-4-1-2-5-14)9-10-25(18)22(28)16-12-15(7-8-17(16)23-20)19-6-3-11-29-19/h3,6-8,11-12,14,18H,1-2,4-5,9-10,13H2,(H,23,26). The summed E-state index contributed by atoms with van der Waals surface area (Å²) in [5.74, 6) is 0.430. The number of furan rings is 1. The Kier molecular flexibility index (Phi) is 4.38. The molecule has 5 rings (SSSR count). The highest BCUT2D eigenvalue weighted by Crippen LogP contribution is 2.32. The van der Waals surface area contributed by atoms with Gasteiger partial charge in [0.2, 0.25) is 11.8 Å². The van der Waals surface area contributed by atoms with Crippen molar-refractivity contribution in [2.45, 2.75) is 31.7 Å². The zero-order chi connectivity index (χ0) is 20.0. The van der Waals surface area contributed by atoms with E-state index in [4.69, 9.17) is 4.42 Å². The summed E-state index contributed by atoms with van der Waals surface area (Å²) in [5.41, 5.74) is 1.73. The Labute approximate surface area is 168 Å². The molecule has 1 saturated carbocycles. The number of fused-ring (bicyclic) bond motifs is 2. The minimum atomic E-state index is -0.666. The number of anilines is 1. The second-order valence-electron chi connectivity index (χ2n) is 8.01. The number of carbonyl (C=O) groups excluding carboxylic acids is 3. The maximum Gasteiger partial charge on any atom is 0.256 e. The van der Waals surface area contributed by atoms with Gasteiger partial charge in [0.1, 0.15) is 11.8 Å². The summed E-state index contributed by atoms with van der Waals surface area (Å²) in [6.07, 6.45) is 5.62. The second kappa shape index (κ2) is 7.06. The zero-order valence-corrected chi connectivity index (χ0v) is 16.1. The van der Waals surface area contributed by atoms with E-state index in [0.29, 0.717) is 30.1 Å². The lowest BCUT2D eigenvalue weighted by Crippen LogP contribution is -2.60. The van der Waals surface area contributed by atoms with Crippen molar-refractivity contribution >= 4 is 23.4 Å². The average molecular weight is 393 g/mol. The Hall–Kier alpha value is -3.09. The van der Waals surface area contributed by atoms with Crippen LogP contribution in [0.15, 0.2) is 41.0 Å². The maximum atomic E-state index is 13.3. The van der Waals surface area contributed by atoms with Crippen LogP contribution in [0.5, 0.6) is 0 Å². The van der Waals surface area contributed by atoms with Crippen LogP contribution >= 0.6 is 0 Å². The van der Waals surface area contributed by atoms with Gasteiger partial charge in [0.25, 0.3) is 5.91 Å². The fourth-order valence-corrected chi connectivity index (χ4v) is 4.68. The SMILES string of the molecule is O=C1Nc2ccc(-c3ccco3)cc2C(=O)N2CCN(C(=O)C3CCCC3)CC12. The van der Waals surface area contributed by atoms with Gasteiger partial charge < -0.3 is 19.5 Å². The van der Waals surface area contributed by atoms with Gasteiger partial charge in [-0.15, -0.1) is 0 Å². The van der Waals surface area contributed by atoms with E-state index in [1.807, 2.05) is 12.1 Å². The molecule has 1 N–H and O–H groups in total. The van der Waals surface area contributed by atoms with Gasteiger partial charge >= 0.3 is 0 Å². The number of piperazine rings is 1. The lowest BCUT2D eigenvalue weighted by molar-refractivity contribution is -0.139. The van der Waals surface area contributed by atoms with Crippen LogP contribution in [-0.4, -0.2) is 53.2 Å². The minimum absolute atomic E-state index is 0.0687. The van der Waals surface area contributed by atoms with E-state index in [1.165, 1.54) is 0 Å². The summed E-state index contributed by atoms with van der Waals surface area (Å²) in [5, 5.41) is 2.88. The van der Waals surface area contributed by atoms with Crippen LogP contribution in [0.4, 0.5) is 5.69 Å². The number of nitrogens with one attached hydrogen (secondary N) is 1. The fourth-order valence-electron chi connectivity index (χ4n) is 4.68. The van der Waals surface area contributed by atoms with Gasteiger partial charge in [-0.1, -0.05) is 12.8 Å². The molecule has 7 heteroatoms. The lowest BCUT2D eigenvalue weighted by atomic mass is 10.0. The van der Waals surface area contributed by atoms with Crippen molar-refractivity contribution in [1.29, 1.82) is 0 Å². The molecule has 1 unspecified atom stereocenters. The van der Waals surface area contributed by atoms with Crippen molar-refractivity contribution in [1.82, 2.24) is 9.80 Å². The number of rotatable bonds is 2. The summed E-state index contributed by atoms with van der Waals surface area (Å²) in [6, 6.07) is 8.28. The first-order chi connectivity index (χ1) is 14.1. The first-order valence-corrected chi connectivity index (χ1v) is 10.2. The minimum Gasteiger partial charge on any atom is -0.464 e. The highest BCUT2D eigenvalue weighted by Gasteiger charge is 2.41. The maximum absolute atomic E-state index is 13.3. The molecule has 3 amide bonds. The number of nitrogens with zero attached hydrogens (tertiary/aromatic N) is 2. The van der Waals surface area contributed by atoms with Crippen molar-refractivity contribution in [2.75, 3.05) is 25.0 Å². The molecule has 1 aliphatic carbocycles. The zero-order valence-electron chi connectivity index (χ0n) is 16.1. The van der Waals surface area contributed by atoms with Crippen molar-refractivity contribution in [2.24, 2.45) is 5.92 Å². The third-order valence-corrected chi connectivity index (χ3v) is 6.27. The van der Waals surface area contributed by atoms with E-state index in [1.54, 1.807) is 34.3 Å². The summed E-state index contributed by atoms with van der Waals surface area (Å²) >= 11 is 0. The van der Waals surface area contributed by atoms with Gasteiger partial charge in [-0.05, 0) is 43.2 Å². The molecule has 2 fully saturated rings. The van der Waals surface area contributed by atoms with Crippen LogP contribution in [0, 0.1) is 5.92 Å². The predicted molar refractivity (Wildman–Crippen MR) is 106 cm³/mol. The number of hydrogen-bond donors (Lipinski definition) is 1. The molecular formula is C22H23N3O4. The molecule has 0 bridgehead atoms. The van der Waals surface area contributed by atoms with Gasteiger partial charge in [0.05, 0.1) is 24.1 Å². The first-order valence-electron chi connectivity index (χ1n) is 10.2. The molecule has 3 heterocycles. The molecule has 7 nitrogen and oxygen atoms in total.